The average molecular weight is 581 g/mol. The van der Waals surface area contributed by atoms with Gasteiger partial charge in [0.15, 0.2) is 27.8 Å². The smallest absolute Gasteiger partial charge is 0.338 e. The fourth-order valence-corrected chi connectivity index (χ4v) is 5.53. The van der Waals surface area contributed by atoms with Gasteiger partial charge in [0.05, 0.1) is 49.3 Å². The third kappa shape index (κ3) is 5.85. The minimum absolute atomic E-state index is 0.145. The number of allylic oxidation sites excluding steroid dienone is 1. The topological polar surface area (TPSA) is 118 Å². The number of esters is 1. The lowest BCUT2D eigenvalue weighted by molar-refractivity contribution is -0.139. The molecule has 41 heavy (non-hydrogen) atoms. The molecular weight excluding hydrogens is 548 g/mol. The van der Waals surface area contributed by atoms with Crippen LogP contribution in [0.25, 0.3) is 6.08 Å². The van der Waals surface area contributed by atoms with E-state index in [-0.39, 0.29) is 41.6 Å². The van der Waals surface area contributed by atoms with Gasteiger partial charge in [0, 0.05) is 0 Å². The quantitative estimate of drug-likeness (QED) is 0.271. The predicted octanol–water partition coefficient (Wildman–Crippen LogP) is 3.48. The van der Waals surface area contributed by atoms with Crippen LogP contribution < -0.4 is 33.8 Å². The number of benzene rings is 2. The molecule has 1 N–H and O–H groups in total. The summed E-state index contributed by atoms with van der Waals surface area (Å²) >= 11 is 1.18. The number of phenolic OH excluding ortho intramolecular Hbond substituents is 1. The van der Waals surface area contributed by atoms with Crippen LogP contribution in [0.15, 0.2) is 64.0 Å². The van der Waals surface area contributed by atoms with Crippen LogP contribution in [-0.4, -0.2) is 49.7 Å². The highest BCUT2D eigenvalue weighted by atomic mass is 32.1. The molecule has 1 aliphatic heterocycles. The molecule has 0 fully saturated rings. The van der Waals surface area contributed by atoms with E-state index in [0.29, 0.717) is 44.3 Å². The van der Waals surface area contributed by atoms with Crippen molar-refractivity contribution in [3.05, 3.63) is 85.1 Å². The van der Waals surface area contributed by atoms with E-state index in [9.17, 15) is 14.7 Å². The van der Waals surface area contributed by atoms with Crippen LogP contribution in [-0.2, 0) is 9.53 Å². The molecule has 11 heteroatoms. The summed E-state index contributed by atoms with van der Waals surface area (Å²) in [7, 11) is 2.85. The van der Waals surface area contributed by atoms with E-state index < -0.39 is 12.0 Å². The summed E-state index contributed by atoms with van der Waals surface area (Å²) in [5.74, 6) is 0.666. The number of rotatable bonds is 11. The van der Waals surface area contributed by atoms with E-state index in [1.54, 1.807) is 56.3 Å². The Hall–Kier alpha value is -4.51. The molecule has 0 spiro atoms. The van der Waals surface area contributed by atoms with Crippen LogP contribution in [0.3, 0.4) is 0 Å². The Balaban J connectivity index is 1.95. The SMILES string of the molecule is C=CCOc1ccc(C2C(C(=O)OCC)=C(C)N=c3s/c(=C\c4cc(OC)c(O)c(OC)c4)c(=O)n32)cc1OCC. The Morgan fingerprint density at radius 2 is 1.78 bits per heavy atom. The highest BCUT2D eigenvalue weighted by Gasteiger charge is 2.34. The molecule has 2 aromatic carbocycles. The maximum atomic E-state index is 14.0. The van der Waals surface area contributed by atoms with E-state index in [1.807, 2.05) is 6.92 Å². The second kappa shape index (κ2) is 12.8. The number of hydrogen-bond donors (Lipinski definition) is 1. The molecule has 1 unspecified atom stereocenters. The number of carbonyl (C=O) groups is 1. The van der Waals surface area contributed by atoms with Crippen molar-refractivity contribution in [1.82, 2.24) is 4.57 Å². The molecule has 2 heterocycles. The maximum Gasteiger partial charge on any atom is 0.338 e. The molecule has 216 valence electrons. The molecule has 0 radical (unpaired) electrons. The first-order valence-electron chi connectivity index (χ1n) is 12.9. The minimum atomic E-state index is -0.830. The summed E-state index contributed by atoms with van der Waals surface area (Å²) < 4.78 is 29.3. The third-order valence-electron chi connectivity index (χ3n) is 6.26. The van der Waals surface area contributed by atoms with Crippen molar-refractivity contribution in [2.24, 2.45) is 4.99 Å². The summed E-state index contributed by atoms with van der Waals surface area (Å²) in [6, 6.07) is 7.66. The number of fused-ring (bicyclic) bond motifs is 1. The molecule has 0 bridgehead atoms. The van der Waals surface area contributed by atoms with E-state index in [4.69, 9.17) is 23.7 Å². The van der Waals surface area contributed by atoms with Crippen LogP contribution >= 0.6 is 11.3 Å². The Labute approximate surface area is 241 Å². The van der Waals surface area contributed by atoms with Gasteiger partial charge in [0.25, 0.3) is 5.56 Å². The molecule has 1 atom stereocenters. The van der Waals surface area contributed by atoms with E-state index in [0.717, 1.165) is 0 Å². The summed E-state index contributed by atoms with van der Waals surface area (Å²) in [5.41, 5.74) is 1.53. The molecule has 1 aromatic heterocycles. The molecule has 0 saturated carbocycles. The van der Waals surface area contributed by atoms with Crippen molar-refractivity contribution in [2.45, 2.75) is 26.8 Å². The van der Waals surface area contributed by atoms with Gasteiger partial charge >= 0.3 is 5.97 Å². The molecule has 0 amide bonds. The van der Waals surface area contributed by atoms with Crippen LogP contribution in [0.5, 0.6) is 28.7 Å². The zero-order valence-corrected chi connectivity index (χ0v) is 24.4. The second-order valence-corrected chi connectivity index (χ2v) is 9.82. The monoisotopic (exact) mass is 580 g/mol. The number of hydrogen-bond acceptors (Lipinski definition) is 10. The van der Waals surface area contributed by atoms with Gasteiger partial charge in [-0.25, -0.2) is 9.79 Å². The fraction of sp³-hybridized carbons (Fsp3) is 0.300. The highest BCUT2D eigenvalue weighted by Crippen LogP contribution is 2.38. The lowest BCUT2D eigenvalue weighted by Crippen LogP contribution is -2.40. The van der Waals surface area contributed by atoms with Crippen molar-refractivity contribution < 1.29 is 33.6 Å². The van der Waals surface area contributed by atoms with Gasteiger partial charge in [0.1, 0.15) is 6.61 Å². The van der Waals surface area contributed by atoms with Gasteiger partial charge in [-0.15, -0.1) is 0 Å². The van der Waals surface area contributed by atoms with Crippen LogP contribution in [0, 0.1) is 0 Å². The largest absolute Gasteiger partial charge is 0.502 e. The lowest BCUT2D eigenvalue weighted by Gasteiger charge is -2.25. The highest BCUT2D eigenvalue weighted by molar-refractivity contribution is 7.07. The first kappa shape index (κ1) is 29.5. The first-order valence-corrected chi connectivity index (χ1v) is 13.7. The Morgan fingerprint density at radius 1 is 1.07 bits per heavy atom. The molecule has 0 saturated heterocycles. The number of phenols is 1. The Bertz CT molecular complexity index is 1660. The molecule has 0 aliphatic carbocycles. The van der Waals surface area contributed by atoms with Crippen LogP contribution in [0.1, 0.15) is 37.9 Å². The van der Waals surface area contributed by atoms with E-state index in [1.165, 1.54) is 30.1 Å². The average Bonchev–Trinajstić information content (AvgIpc) is 3.26. The number of methoxy groups -OCH3 is 2. The van der Waals surface area contributed by atoms with Crippen molar-refractivity contribution in [3.63, 3.8) is 0 Å². The standard InChI is InChI=1S/C30H32N2O8S/c1-7-12-40-20-11-10-19(16-21(20)38-8-2)26-25(29(35)39-9-3)17(4)31-30-32(26)28(34)24(41-30)15-18-13-22(36-5)27(33)23(14-18)37-6/h7,10-11,13-16,26,33H,1,8-9,12H2,2-6H3/b24-15-. The van der Waals surface area contributed by atoms with Crippen LogP contribution in [0.4, 0.5) is 0 Å². The zero-order chi connectivity index (χ0) is 29.7. The molecular formula is C30H32N2O8S. The summed E-state index contributed by atoms with van der Waals surface area (Å²) in [6.45, 7) is 9.82. The van der Waals surface area contributed by atoms with Crippen molar-refractivity contribution >= 4 is 23.4 Å². The second-order valence-electron chi connectivity index (χ2n) is 8.82. The van der Waals surface area contributed by atoms with E-state index in [2.05, 4.69) is 11.6 Å². The first-order chi connectivity index (χ1) is 19.8. The predicted molar refractivity (Wildman–Crippen MR) is 155 cm³/mol. The minimum Gasteiger partial charge on any atom is -0.502 e. The third-order valence-corrected chi connectivity index (χ3v) is 7.24. The number of thiazole rings is 1. The molecule has 4 rings (SSSR count). The number of ether oxygens (including phenoxy) is 5. The van der Waals surface area contributed by atoms with E-state index >= 15 is 0 Å². The summed E-state index contributed by atoms with van der Waals surface area (Å²) in [6.07, 6.45) is 3.29. The zero-order valence-electron chi connectivity index (χ0n) is 23.6. The molecule has 3 aromatic rings. The summed E-state index contributed by atoms with van der Waals surface area (Å²) in [4.78, 5) is 32.2. The van der Waals surface area contributed by atoms with Crippen LogP contribution in [0.2, 0.25) is 0 Å². The van der Waals surface area contributed by atoms with Gasteiger partial charge in [0.2, 0.25) is 5.75 Å². The van der Waals surface area contributed by atoms with Crippen molar-refractivity contribution in [1.29, 1.82) is 0 Å². The number of aromatic nitrogens is 1. The normalized spacial score (nSPS) is 14.7. The van der Waals surface area contributed by atoms with Gasteiger partial charge < -0.3 is 28.8 Å². The Morgan fingerprint density at radius 3 is 2.39 bits per heavy atom. The van der Waals surface area contributed by atoms with Crippen molar-refractivity contribution in [2.75, 3.05) is 34.0 Å². The molecule has 10 nitrogen and oxygen atoms in total. The van der Waals surface area contributed by atoms with Gasteiger partial charge in [-0.05, 0) is 62.2 Å². The molecule has 1 aliphatic rings. The lowest BCUT2D eigenvalue weighted by atomic mass is 9.95. The summed E-state index contributed by atoms with van der Waals surface area (Å²) in [5, 5.41) is 10.3. The Kier molecular flexibility index (Phi) is 9.18. The van der Waals surface area contributed by atoms with Gasteiger partial charge in [-0.3, -0.25) is 9.36 Å². The van der Waals surface area contributed by atoms with Gasteiger partial charge in [-0.2, -0.15) is 0 Å². The number of nitrogens with zero attached hydrogens (tertiary/aromatic N) is 2. The number of aromatic hydroxyl groups is 1. The maximum absolute atomic E-state index is 14.0. The number of carbonyl (C=O) groups excluding carboxylic acids is 1. The van der Waals surface area contributed by atoms with Gasteiger partial charge in [-0.1, -0.05) is 30.1 Å². The fourth-order valence-electron chi connectivity index (χ4n) is 4.49. The van der Waals surface area contributed by atoms with Crippen molar-refractivity contribution in [3.8, 4) is 28.7 Å².